The Balaban J connectivity index is 1.76. The Bertz CT molecular complexity index is 694. The highest BCUT2D eigenvalue weighted by molar-refractivity contribution is 6.01. The van der Waals surface area contributed by atoms with E-state index in [-0.39, 0.29) is 17.8 Å². The molecule has 22 heavy (non-hydrogen) atoms. The van der Waals surface area contributed by atoms with Crippen LogP contribution in [0, 0.1) is 5.82 Å². The molecule has 0 spiro atoms. The molecule has 2 heterocycles. The molecule has 1 aromatic carbocycles. The Morgan fingerprint density at radius 3 is 2.50 bits per heavy atom. The minimum Gasteiger partial charge on any atom is -0.330 e. The van der Waals surface area contributed by atoms with E-state index in [2.05, 4.69) is 5.32 Å². The summed E-state index contributed by atoms with van der Waals surface area (Å²) >= 11 is 0. The summed E-state index contributed by atoms with van der Waals surface area (Å²) in [5.74, 6) is -0.353. The summed E-state index contributed by atoms with van der Waals surface area (Å²) in [6.07, 6.45) is 2.05. The van der Waals surface area contributed by atoms with Crippen LogP contribution in [-0.2, 0) is 4.79 Å². The van der Waals surface area contributed by atoms with Crippen molar-refractivity contribution in [1.29, 1.82) is 0 Å². The third-order valence-corrected chi connectivity index (χ3v) is 4.58. The van der Waals surface area contributed by atoms with Gasteiger partial charge in [0.2, 0.25) is 0 Å². The summed E-state index contributed by atoms with van der Waals surface area (Å²) in [4.78, 5) is 28.3. The lowest BCUT2D eigenvalue weighted by atomic mass is 9.96. The van der Waals surface area contributed by atoms with Gasteiger partial charge in [-0.2, -0.15) is 0 Å². The van der Waals surface area contributed by atoms with Crippen molar-refractivity contribution in [3.05, 3.63) is 46.9 Å². The average molecular weight is 301 g/mol. The largest absolute Gasteiger partial charge is 0.330 e. The predicted octanol–water partition coefficient (Wildman–Crippen LogP) is 1.78. The molecule has 0 unspecified atom stereocenters. The van der Waals surface area contributed by atoms with Gasteiger partial charge in [-0.05, 0) is 30.5 Å². The first-order valence-corrected chi connectivity index (χ1v) is 7.40. The van der Waals surface area contributed by atoms with Crippen LogP contribution in [0.3, 0.4) is 0 Å². The monoisotopic (exact) mass is 301 g/mol. The van der Waals surface area contributed by atoms with E-state index in [0.29, 0.717) is 18.2 Å². The molecule has 0 bridgehead atoms. The Morgan fingerprint density at radius 2 is 1.86 bits per heavy atom. The number of urea groups is 1. The molecule has 1 fully saturated rings. The van der Waals surface area contributed by atoms with Crippen LogP contribution in [-0.4, -0.2) is 41.4 Å². The lowest BCUT2D eigenvalue weighted by Gasteiger charge is -2.31. The fraction of sp³-hybridized carbons (Fsp3) is 0.375. The van der Waals surface area contributed by atoms with Crippen LogP contribution < -0.4 is 5.32 Å². The van der Waals surface area contributed by atoms with E-state index in [0.717, 1.165) is 24.1 Å². The van der Waals surface area contributed by atoms with E-state index in [4.69, 9.17) is 0 Å². The molecular weight excluding hydrogens is 285 g/mol. The summed E-state index contributed by atoms with van der Waals surface area (Å²) < 4.78 is 13.1. The standard InChI is InChI=1S/C16H16FN3O2/c1-19-12-8-20(11-6-7-11)15(21)13(12)14(18-16(19)22)9-2-4-10(17)5-3-9/h2-5,11,14H,6-8H2,1H3,(H,18,22)/t14-/m1/s1. The molecule has 1 aliphatic carbocycles. The predicted molar refractivity (Wildman–Crippen MR) is 77.2 cm³/mol. The van der Waals surface area contributed by atoms with Gasteiger partial charge in [0.05, 0.1) is 23.9 Å². The van der Waals surface area contributed by atoms with Crippen LogP contribution in [0.1, 0.15) is 24.4 Å². The van der Waals surface area contributed by atoms with Crippen LogP contribution in [0.5, 0.6) is 0 Å². The van der Waals surface area contributed by atoms with Crippen molar-refractivity contribution in [2.24, 2.45) is 0 Å². The van der Waals surface area contributed by atoms with Crippen LogP contribution in [0.4, 0.5) is 9.18 Å². The van der Waals surface area contributed by atoms with Gasteiger partial charge in [-0.3, -0.25) is 9.69 Å². The zero-order valence-corrected chi connectivity index (χ0v) is 12.2. The summed E-state index contributed by atoms with van der Waals surface area (Å²) in [6.45, 7) is 0.487. The van der Waals surface area contributed by atoms with Gasteiger partial charge < -0.3 is 10.2 Å². The maximum Gasteiger partial charge on any atom is 0.322 e. The normalized spacial score (nSPS) is 24.7. The molecule has 6 heteroatoms. The number of halogens is 1. The highest BCUT2D eigenvalue weighted by Gasteiger charge is 2.46. The van der Waals surface area contributed by atoms with Crippen molar-refractivity contribution in [2.45, 2.75) is 24.9 Å². The van der Waals surface area contributed by atoms with E-state index in [9.17, 15) is 14.0 Å². The van der Waals surface area contributed by atoms with Crippen LogP contribution >= 0.6 is 0 Å². The molecular formula is C16H16FN3O2. The number of benzene rings is 1. The molecule has 5 nitrogen and oxygen atoms in total. The third kappa shape index (κ3) is 1.90. The smallest absolute Gasteiger partial charge is 0.322 e. The number of hydrogen-bond acceptors (Lipinski definition) is 2. The first kappa shape index (κ1) is 13.3. The van der Waals surface area contributed by atoms with Crippen molar-refractivity contribution in [3.8, 4) is 0 Å². The molecule has 0 aromatic heterocycles. The maximum absolute atomic E-state index is 13.1. The van der Waals surface area contributed by atoms with E-state index >= 15 is 0 Å². The number of hydrogen-bond donors (Lipinski definition) is 1. The minimum atomic E-state index is -0.504. The van der Waals surface area contributed by atoms with Crippen LogP contribution in [0.15, 0.2) is 35.5 Å². The van der Waals surface area contributed by atoms with Gasteiger partial charge in [0, 0.05) is 13.1 Å². The highest BCUT2D eigenvalue weighted by Crippen LogP contribution is 2.40. The van der Waals surface area contributed by atoms with Gasteiger partial charge in [-0.25, -0.2) is 9.18 Å². The van der Waals surface area contributed by atoms with E-state index in [1.54, 1.807) is 19.2 Å². The number of likely N-dealkylation sites (N-methyl/N-ethyl adjacent to an activating group) is 1. The van der Waals surface area contributed by atoms with Gasteiger partial charge in [-0.1, -0.05) is 12.1 Å². The fourth-order valence-electron chi connectivity index (χ4n) is 3.17. The Morgan fingerprint density at radius 1 is 1.18 bits per heavy atom. The second-order valence-corrected chi connectivity index (χ2v) is 6.02. The van der Waals surface area contributed by atoms with Gasteiger partial charge in [0.25, 0.3) is 5.91 Å². The van der Waals surface area contributed by atoms with Gasteiger partial charge in [0.15, 0.2) is 0 Å². The first-order chi connectivity index (χ1) is 10.6. The highest BCUT2D eigenvalue weighted by atomic mass is 19.1. The topological polar surface area (TPSA) is 52.7 Å². The number of amides is 3. The fourth-order valence-corrected chi connectivity index (χ4v) is 3.17. The summed E-state index contributed by atoms with van der Waals surface area (Å²) in [7, 11) is 1.68. The van der Waals surface area contributed by atoms with Crippen molar-refractivity contribution in [3.63, 3.8) is 0 Å². The summed E-state index contributed by atoms with van der Waals surface area (Å²) in [5, 5.41) is 2.84. The molecule has 114 valence electrons. The molecule has 1 atom stereocenters. The van der Waals surface area contributed by atoms with Crippen molar-refractivity contribution >= 4 is 11.9 Å². The quantitative estimate of drug-likeness (QED) is 0.905. The molecule has 0 radical (unpaired) electrons. The average Bonchev–Trinajstić information content (AvgIpc) is 3.28. The van der Waals surface area contributed by atoms with Gasteiger partial charge >= 0.3 is 6.03 Å². The van der Waals surface area contributed by atoms with Crippen molar-refractivity contribution < 1.29 is 14.0 Å². The zero-order valence-electron chi connectivity index (χ0n) is 12.2. The first-order valence-electron chi connectivity index (χ1n) is 7.40. The van der Waals surface area contributed by atoms with E-state index in [1.807, 2.05) is 4.90 Å². The molecule has 3 amide bonds. The van der Waals surface area contributed by atoms with Gasteiger partial charge in [0.1, 0.15) is 5.82 Å². The Labute approximate surface area is 127 Å². The number of nitrogens with one attached hydrogen (secondary N) is 1. The maximum atomic E-state index is 13.1. The Hall–Kier alpha value is -2.37. The van der Waals surface area contributed by atoms with Crippen molar-refractivity contribution in [1.82, 2.24) is 15.1 Å². The second-order valence-electron chi connectivity index (χ2n) is 6.02. The molecule has 2 aliphatic heterocycles. The van der Waals surface area contributed by atoms with Crippen LogP contribution in [0.2, 0.25) is 0 Å². The second kappa shape index (κ2) is 4.56. The lowest BCUT2D eigenvalue weighted by molar-refractivity contribution is -0.126. The number of carbonyl (C=O) groups is 2. The molecule has 1 aromatic rings. The molecule has 3 aliphatic rings. The van der Waals surface area contributed by atoms with Gasteiger partial charge in [-0.15, -0.1) is 0 Å². The summed E-state index contributed by atoms with van der Waals surface area (Å²) in [5.41, 5.74) is 2.09. The van der Waals surface area contributed by atoms with Crippen LogP contribution in [0.25, 0.3) is 0 Å². The lowest BCUT2D eigenvalue weighted by Crippen LogP contribution is -2.45. The summed E-state index contributed by atoms with van der Waals surface area (Å²) in [6, 6.07) is 5.48. The number of carbonyl (C=O) groups excluding carboxylic acids is 2. The number of nitrogens with zero attached hydrogens (tertiary/aromatic N) is 2. The Kier molecular flexibility index (Phi) is 2.76. The molecule has 1 N–H and O–H groups in total. The molecule has 1 saturated carbocycles. The molecule has 0 saturated heterocycles. The van der Waals surface area contributed by atoms with E-state index in [1.165, 1.54) is 17.0 Å². The number of rotatable bonds is 2. The SMILES string of the molecule is CN1C(=O)N[C@H](c2ccc(F)cc2)C2=C1CN(C1CC1)C2=O. The zero-order chi connectivity index (χ0) is 15.4. The third-order valence-electron chi connectivity index (χ3n) is 4.58. The molecule has 4 rings (SSSR count). The van der Waals surface area contributed by atoms with E-state index < -0.39 is 6.04 Å². The van der Waals surface area contributed by atoms with Crippen molar-refractivity contribution in [2.75, 3.05) is 13.6 Å². The minimum absolute atomic E-state index is 0.0151.